The number of allylic oxidation sites excluding steroid dienone is 2. The van der Waals surface area contributed by atoms with E-state index in [4.69, 9.17) is 13.6 Å². The Morgan fingerprint density at radius 3 is 1.75 bits per heavy atom. The summed E-state index contributed by atoms with van der Waals surface area (Å²) in [5, 5.41) is 2.06. The summed E-state index contributed by atoms with van der Waals surface area (Å²) >= 11 is 0. The summed E-state index contributed by atoms with van der Waals surface area (Å²) in [6, 6.07) is 30.8. The summed E-state index contributed by atoms with van der Waals surface area (Å²) in [6.45, 7) is 26.2. The van der Waals surface area contributed by atoms with Crippen LogP contribution in [0, 0.1) is 11.3 Å². The number of carbonyl (C=O) groups excluding carboxylic acids is 2. The first kappa shape index (κ1) is 40.6. The first-order valence-electron chi connectivity index (χ1n) is 19.3. The van der Waals surface area contributed by atoms with Crippen LogP contribution in [0.2, 0.25) is 21.7 Å². The Morgan fingerprint density at radius 1 is 0.849 bits per heavy atom. The Morgan fingerprint density at radius 2 is 1.32 bits per heavy atom. The van der Waals surface area contributed by atoms with Crippen molar-refractivity contribution in [2.45, 2.75) is 117 Å². The number of rotatable bonds is 11. The summed E-state index contributed by atoms with van der Waals surface area (Å²) in [7, 11) is -5.65. The van der Waals surface area contributed by atoms with E-state index in [0.717, 1.165) is 11.1 Å². The van der Waals surface area contributed by atoms with E-state index in [-0.39, 0.29) is 34.1 Å². The molecule has 0 radical (unpaired) electrons. The first-order valence-corrected chi connectivity index (χ1v) is 23.4. The molecule has 284 valence electrons. The number of amides is 1. The van der Waals surface area contributed by atoms with Gasteiger partial charge in [0.25, 0.3) is 16.6 Å². The zero-order valence-corrected chi connectivity index (χ0v) is 36.0. The van der Waals surface area contributed by atoms with Crippen LogP contribution in [-0.4, -0.2) is 52.3 Å². The number of benzene rings is 3. The van der Waals surface area contributed by atoms with Gasteiger partial charge in [0, 0.05) is 23.8 Å². The number of carbonyl (C=O) groups is 2. The Balaban J connectivity index is 1.69. The lowest BCUT2D eigenvalue weighted by molar-refractivity contribution is -0.125. The second-order valence-corrected chi connectivity index (χ2v) is 26.9. The van der Waals surface area contributed by atoms with E-state index in [1.807, 2.05) is 49.4 Å². The van der Waals surface area contributed by atoms with Gasteiger partial charge in [0.1, 0.15) is 0 Å². The molecule has 53 heavy (non-hydrogen) atoms. The van der Waals surface area contributed by atoms with Crippen molar-refractivity contribution in [3.63, 3.8) is 0 Å². The first-order chi connectivity index (χ1) is 25.0. The van der Waals surface area contributed by atoms with Gasteiger partial charge < -0.3 is 13.6 Å². The molecule has 5 rings (SSSR count). The zero-order chi connectivity index (χ0) is 38.9. The molecule has 8 heteroatoms. The van der Waals surface area contributed by atoms with Crippen LogP contribution in [0.25, 0.3) is 5.57 Å². The highest BCUT2D eigenvalue weighted by molar-refractivity contribution is 6.99. The molecule has 0 saturated carbocycles. The van der Waals surface area contributed by atoms with Crippen LogP contribution in [0.15, 0.2) is 109 Å². The highest BCUT2D eigenvalue weighted by atomic mass is 28.4. The molecule has 1 amide bonds. The molecule has 0 spiro atoms. The number of nitrogens with zero attached hydrogens (tertiary/aromatic N) is 1. The predicted octanol–water partition coefficient (Wildman–Crippen LogP) is 10.1. The molecule has 4 atom stereocenters. The maximum Gasteiger partial charge on any atom is 0.402 e. The maximum atomic E-state index is 15.1. The fraction of sp³-hybridized carbons (Fsp3) is 0.467. The number of ether oxygens (including phenoxy) is 1. The number of hydrogen-bond acceptors (Lipinski definition) is 5. The van der Waals surface area contributed by atoms with Gasteiger partial charge in [-0.15, -0.1) is 0 Å². The maximum absolute atomic E-state index is 15.1. The molecule has 3 aromatic carbocycles. The van der Waals surface area contributed by atoms with Gasteiger partial charge in [0.05, 0.1) is 12.0 Å². The van der Waals surface area contributed by atoms with Gasteiger partial charge in [0.2, 0.25) is 0 Å². The molecule has 2 aliphatic heterocycles. The van der Waals surface area contributed by atoms with Gasteiger partial charge in [-0.1, -0.05) is 166 Å². The highest BCUT2D eigenvalue weighted by Gasteiger charge is 2.63. The van der Waals surface area contributed by atoms with Crippen LogP contribution in [-0.2, 0) is 18.4 Å². The summed E-state index contributed by atoms with van der Waals surface area (Å²) < 4.78 is 21.4. The normalized spacial score (nSPS) is 22.7. The Bertz CT molecular complexity index is 1740. The van der Waals surface area contributed by atoms with Gasteiger partial charge in [-0.2, -0.15) is 0 Å². The second-order valence-electron chi connectivity index (χ2n) is 17.2. The van der Waals surface area contributed by atoms with Crippen molar-refractivity contribution in [3.05, 3.63) is 114 Å². The number of hydrogen-bond donors (Lipinski definition) is 0. The van der Waals surface area contributed by atoms with Crippen LogP contribution in [0.3, 0.4) is 0 Å². The van der Waals surface area contributed by atoms with Gasteiger partial charge in [-0.3, -0.25) is 9.69 Å². The van der Waals surface area contributed by atoms with E-state index in [1.54, 1.807) is 11.1 Å². The summed E-state index contributed by atoms with van der Waals surface area (Å²) in [4.78, 5) is 31.5. The molecule has 6 nitrogen and oxygen atoms in total. The summed E-state index contributed by atoms with van der Waals surface area (Å²) in [5.74, 6) is -0.771. The Kier molecular flexibility index (Phi) is 12.0. The molecule has 2 unspecified atom stereocenters. The lowest BCUT2D eigenvalue weighted by Crippen LogP contribution is -2.67. The molecule has 1 fully saturated rings. The third-order valence-electron chi connectivity index (χ3n) is 12.1. The van der Waals surface area contributed by atoms with E-state index < -0.39 is 46.4 Å². The van der Waals surface area contributed by atoms with E-state index in [0.29, 0.717) is 5.57 Å². The molecule has 2 heterocycles. The van der Waals surface area contributed by atoms with E-state index in [2.05, 4.69) is 131 Å². The zero-order valence-electron chi connectivity index (χ0n) is 34.0. The summed E-state index contributed by atoms with van der Waals surface area (Å²) in [5.41, 5.74) is 1.97. The lowest BCUT2D eigenvalue weighted by Gasteiger charge is -2.47. The van der Waals surface area contributed by atoms with Crippen molar-refractivity contribution in [2.75, 3.05) is 6.61 Å². The number of Topliss-reactive ketones (excluding diaryl/α,β-unsaturated/α-hetero) is 1. The average molecular weight is 752 g/mol. The molecule has 3 aromatic rings. The molecule has 1 saturated heterocycles. The molecule has 2 aliphatic rings. The lowest BCUT2D eigenvalue weighted by atomic mass is 9.68. The minimum Gasteiger partial charge on any atom is -0.502 e. The van der Waals surface area contributed by atoms with Crippen LogP contribution in [0.5, 0.6) is 0 Å². The fourth-order valence-electron chi connectivity index (χ4n) is 9.48. The van der Waals surface area contributed by atoms with Gasteiger partial charge >= 0.3 is 6.09 Å². The standard InChI is InChI=1S/C45H61NO5Si2/c1-13-34(8)41-45(12,30-49-53(44(9,10)11,36-25-19-15-20-26-36)37-27-21-16-22-28-37)39-40(47)38(35-23-17-14-18-24-35)29-46(42(39)50-41)43(48)51-52(31(2)3,32(4)5)33(6)7/h13-29,31-33,39,41-42H,30H2,1-12H3/b34-13+/t39?,41-,42?,45-/m0/s1. The van der Waals surface area contributed by atoms with Gasteiger partial charge in [0.15, 0.2) is 12.0 Å². The van der Waals surface area contributed by atoms with Crippen LogP contribution in [0.1, 0.15) is 88.6 Å². The molecular weight excluding hydrogens is 691 g/mol. The largest absolute Gasteiger partial charge is 0.502 e. The molecule has 0 bridgehead atoms. The average Bonchev–Trinajstić information content (AvgIpc) is 3.44. The van der Waals surface area contributed by atoms with Crippen molar-refractivity contribution in [1.82, 2.24) is 4.90 Å². The van der Waals surface area contributed by atoms with Crippen molar-refractivity contribution >= 4 is 44.5 Å². The third-order valence-corrected chi connectivity index (χ3v) is 23.0. The quantitative estimate of drug-likeness (QED) is 0.144. The minimum atomic E-state index is -3.01. The van der Waals surface area contributed by atoms with Crippen molar-refractivity contribution < 1.29 is 23.2 Å². The monoisotopic (exact) mass is 751 g/mol. The smallest absolute Gasteiger partial charge is 0.402 e. The van der Waals surface area contributed by atoms with Gasteiger partial charge in [-0.25, -0.2) is 4.79 Å². The molecule has 0 aromatic heterocycles. The summed E-state index contributed by atoms with van der Waals surface area (Å²) in [6.07, 6.45) is 1.94. The topological polar surface area (TPSA) is 65.1 Å². The second kappa shape index (κ2) is 15.7. The van der Waals surface area contributed by atoms with E-state index in [1.165, 1.54) is 10.4 Å². The number of ketones is 1. The Labute approximate surface area is 320 Å². The van der Waals surface area contributed by atoms with Crippen LogP contribution < -0.4 is 10.4 Å². The van der Waals surface area contributed by atoms with E-state index >= 15 is 4.79 Å². The predicted molar refractivity (Wildman–Crippen MR) is 222 cm³/mol. The van der Waals surface area contributed by atoms with Crippen LogP contribution >= 0.6 is 0 Å². The molecular formula is C45H61NO5Si2. The van der Waals surface area contributed by atoms with Gasteiger partial charge in [-0.05, 0) is 57.0 Å². The fourth-order valence-corrected chi connectivity index (χ4v) is 19.3. The van der Waals surface area contributed by atoms with E-state index in [9.17, 15) is 4.79 Å². The van der Waals surface area contributed by atoms with Crippen molar-refractivity contribution in [2.24, 2.45) is 11.3 Å². The molecule has 0 aliphatic carbocycles. The SMILES string of the molecule is C/C=C(\C)[C@@H]1OC2C(C(=O)C(c3ccccc3)=CN2C(=O)O[Si](C(C)C)(C(C)C)C(C)C)[C@]1(C)CO[Si](c1ccccc1)(c1ccccc1)C(C)(C)C. The molecule has 0 N–H and O–H groups in total. The Hall–Kier alpha value is -3.57. The number of fused-ring (bicyclic) bond motifs is 1. The third kappa shape index (κ3) is 7.08. The minimum absolute atomic E-state index is 0.0507. The highest BCUT2D eigenvalue weighted by Crippen LogP contribution is 2.53. The van der Waals surface area contributed by atoms with Crippen LogP contribution in [0.4, 0.5) is 4.79 Å². The van der Waals surface area contributed by atoms with Crippen molar-refractivity contribution in [1.29, 1.82) is 0 Å². The van der Waals surface area contributed by atoms with Crippen molar-refractivity contribution in [3.8, 4) is 0 Å².